The van der Waals surface area contributed by atoms with E-state index in [0.717, 1.165) is 16.5 Å². The third kappa shape index (κ3) is 4.12. The molecule has 0 unspecified atom stereocenters. The molecule has 1 aromatic heterocycles. The van der Waals surface area contributed by atoms with E-state index in [1.165, 1.54) is 11.8 Å². The molecule has 2 aromatic carbocycles. The lowest BCUT2D eigenvalue weighted by Crippen LogP contribution is -2.16. The standard InChI is InChI=1S/C20H20N4O3S/c1-24-19(14-5-3-2-4-6-14)22-23-20(24)28-12-9-18(25)21-15-7-8-16-17(13-15)27-11-10-26-16/h2-8,13H,9-12H2,1H3,(H,21,25). The number of carbonyl (C=O) groups is 1. The predicted octanol–water partition coefficient (Wildman–Crippen LogP) is 3.37. The van der Waals surface area contributed by atoms with E-state index in [2.05, 4.69) is 15.5 Å². The molecule has 7 nitrogen and oxygen atoms in total. The van der Waals surface area contributed by atoms with E-state index in [1.54, 1.807) is 6.07 Å². The average Bonchev–Trinajstić information content (AvgIpc) is 3.09. The van der Waals surface area contributed by atoms with Gasteiger partial charge in [0.1, 0.15) is 13.2 Å². The maximum absolute atomic E-state index is 12.2. The number of anilines is 1. The van der Waals surface area contributed by atoms with Crippen molar-refractivity contribution in [2.75, 3.05) is 24.3 Å². The molecule has 1 N–H and O–H groups in total. The first-order valence-electron chi connectivity index (χ1n) is 8.98. The summed E-state index contributed by atoms with van der Waals surface area (Å²) in [4.78, 5) is 12.2. The molecule has 0 fully saturated rings. The van der Waals surface area contributed by atoms with Crippen LogP contribution >= 0.6 is 11.8 Å². The first kappa shape index (κ1) is 18.4. The fourth-order valence-electron chi connectivity index (χ4n) is 2.86. The molecule has 1 amide bonds. The highest BCUT2D eigenvalue weighted by molar-refractivity contribution is 7.99. The van der Waals surface area contributed by atoms with Crippen molar-refractivity contribution in [2.45, 2.75) is 11.6 Å². The average molecular weight is 396 g/mol. The van der Waals surface area contributed by atoms with E-state index in [0.29, 0.717) is 42.6 Å². The van der Waals surface area contributed by atoms with Crippen molar-refractivity contribution in [3.05, 3.63) is 48.5 Å². The van der Waals surface area contributed by atoms with Crippen LogP contribution in [0.2, 0.25) is 0 Å². The van der Waals surface area contributed by atoms with Gasteiger partial charge in [0.25, 0.3) is 0 Å². The lowest BCUT2D eigenvalue weighted by molar-refractivity contribution is -0.115. The van der Waals surface area contributed by atoms with Gasteiger partial charge in [-0.1, -0.05) is 42.1 Å². The smallest absolute Gasteiger partial charge is 0.225 e. The zero-order valence-corrected chi connectivity index (χ0v) is 16.2. The molecule has 4 rings (SSSR count). The van der Waals surface area contributed by atoms with Crippen LogP contribution in [0, 0.1) is 0 Å². The fraction of sp³-hybridized carbons (Fsp3) is 0.250. The Kier molecular flexibility index (Phi) is 5.48. The number of hydrogen-bond acceptors (Lipinski definition) is 6. The second-order valence-corrected chi connectivity index (χ2v) is 7.30. The number of aromatic nitrogens is 3. The third-order valence-electron chi connectivity index (χ3n) is 4.25. The van der Waals surface area contributed by atoms with Gasteiger partial charge in [0, 0.05) is 36.5 Å². The number of carbonyl (C=O) groups excluding carboxylic acids is 1. The molecule has 0 saturated heterocycles. The summed E-state index contributed by atoms with van der Waals surface area (Å²) in [6.45, 7) is 1.06. The van der Waals surface area contributed by atoms with Gasteiger partial charge in [-0.15, -0.1) is 10.2 Å². The van der Waals surface area contributed by atoms with Gasteiger partial charge in [0.2, 0.25) is 5.91 Å². The van der Waals surface area contributed by atoms with Gasteiger partial charge in [0.05, 0.1) is 0 Å². The van der Waals surface area contributed by atoms with Crippen molar-refractivity contribution in [3.63, 3.8) is 0 Å². The first-order chi connectivity index (χ1) is 13.7. The van der Waals surface area contributed by atoms with E-state index in [4.69, 9.17) is 9.47 Å². The van der Waals surface area contributed by atoms with Crippen molar-refractivity contribution < 1.29 is 14.3 Å². The summed E-state index contributed by atoms with van der Waals surface area (Å²) in [6.07, 6.45) is 0.368. The Hall–Kier alpha value is -3.00. The first-order valence-corrected chi connectivity index (χ1v) is 9.96. The molecule has 0 radical (unpaired) electrons. The second-order valence-electron chi connectivity index (χ2n) is 6.24. The van der Waals surface area contributed by atoms with Gasteiger partial charge in [-0.2, -0.15) is 0 Å². The molecule has 0 aliphatic carbocycles. The van der Waals surface area contributed by atoms with Gasteiger partial charge >= 0.3 is 0 Å². The Morgan fingerprint density at radius 3 is 2.71 bits per heavy atom. The molecule has 2 heterocycles. The van der Waals surface area contributed by atoms with E-state index < -0.39 is 0 Å². The number of benzene rings is 2. The van der Waals surface area contributed by atoms with Gasteiger partial charge in [0.15, 0.2) is 22.5 Å². The number of ether oxygens (including phenoxy) is 2. The van der Waals surface area contributed by atoms with Crippen molar-refractivity contribution in [3.8, 4) is 22.9 Å². The molecule has 0 atom stereocenters. The van der Waals surface area contributed by atoms with E-state index in [9.17, 15) is 4.79 Å². The number of thioether (sulfide) groups is 1. The summed E-state index contributed by atoms with van der Waals surface area (Å²) in [5.74, 6) is 2.72. The Morgan fingerprint density at radius 2 is 1.89 bits per heavy atom. The highest BCUT2D eigenvalue weighted by atomic mass is 32.2. The van der Waals surface area contributed by atoms with Crippen LogP contribution in [-0.4, -0.2) is 39.6 Å². The minimum absolute atomic E-state index is 0.0605. The fourth-order valence-corrected chi connectivity index (χ4v) is 3.71. The SMILES string of the molecule is Cn1c(SCCC(=O)Nc2ccc3c(c2)OCCO3)nnc1-c1ccccc1. The normalized spacial score (nSPS) is 12.6. The monoisotopic (exact) mass is 396 g/mol. The zero-order valence-electron chi connectivity index (χ0n) is 15.4. The minimum Gasteiger partial charge on any atom is -0.486 e. The molecule has 0 bridgehead atoms. The highest BCUT2D eigenvalue weighted by Gasteiger charge is 2.14. The maximum Gasteiger partial charge on any atom is 0.225 e. The van der Waals surface area contributed by atoms with E-state index >= 15 is 0 Å². The summed E-state index contributed by atoms with van der Waals surface area (Å²) in [6, 6.07) is 15.3. The highest BCUT2D eigenvalue weighted by Crippen LogP contribution is 2.32. The summed E-state index contributed by atoms with van der Waals surface area (Å²) in [7, 11) is 1.93. The van der Waals surface area contributed by atoms with Crippen LogP contribution in [0.15, 0.2) is 53.7 Å². The second kappa shape index (κ2) is 8.35. The Labute approximate surface area is 167 Å². The van der Waals surface area contributed by atoms with Crippen LogP contribution in [0.1, 0.15) is 6.42 Å². The van der Waals surface area contributed by atoms with Crippen LogP contribution in [0.3, 0.4) is 0 Å². The van der Waals surface area contributed by atoms with E-state index in [1.807, 2.05) is 54.1 Å². The molecule has 1 aliphatic rings. The summed E-state index contributed by atoms with van der Waals surface area (Å²) < 4.78 is 13.0. The molecular formula is C20H20N4O3S. The zero-order chi connectivity index (χ0) is 19.3. The third-order valence-corrected chi connectivity index (χ3v) is 5.28. The van der Waals surface area contributed by atoms with Gasteiger partial charge < -0.3 is 19.4 Å². The number of fused-ring (bicyclic) bond motifs is 1. The quantitative estimate of drug-likeness (QED) is 0.644. The van der Waals surface area contributed by atoms with Crippen molar-refractivity contribution in [1.82, 2.24) is 14.8 Å². The van der Waals surface area contributed by atoms with Gasteiger partial charge in [-0.25, -0.2) is 0 Å². The molecule has 0 spiro atoms. The lowest BCUT2D eigenvalue weighted by atomic mass is 10.2. The molecular weight excluding hydrogens is 376 g/mol. The van der Waals surface area contributed by atoms with Crippen LogP contribution in [-0.2, 0) is 11.8 Å². The Morgan fingerprint density at radius 1 is 1.11 bits per heavy atom. The van der Waals surface area contributed by atoms with Gasteiger partial charge in [-0.3, -0.25) is 4.79 Å². The Bertz CT molecular complexity index is 975. The molecule has 28 heavy (non-hydrogen) atoms. The summed E-state index contributed by atoms with van der Waals surface area (Å²) in [5.41, 5.74) is 1.71. The molecule has 144 valence electrons. The molecule has 3 aromatic rings. The van der Waals surface area contributed by atoms with Crippen LogP contribution in [0.25, 0.3) is 11.4 Å². The number of amides is 1. The van der Waals surface area contributed by atoms with Crippen molar-refractivity contribution in [1.29, 1.82) is 0 Å². The van der Waals surface area contributed by atoms with Gasteiger partial charge in [-0.05, 0) is 12.1 Å². The molecule has 1 aliphatic heterocycles. The minimum atomic E-state index is -0.0605. The Balaban J connectivity index is 1.31. The van der Waals surface area contributed by atoms with Crippen LogP contribution in [0.4, 0.5) is 5.69 Å². The summed E-state index contributed by atoms with van der Waals surface area (Å²) in [5, 5.41) is 12.2. The van der Waals surface area contributed by atoms with Crippen molar-refractivity contribution in [2.24, 2.45) is 7.05 Å². The number of nitrogens with zero attached hydrogens (tertiary/aromatic N) is 3. The molecule has 0 saturated carbocycles. The molecule has 8 heteroatoms. The summed E-state index contributed by atoms with van der Waals surface area (Å²) >= 11 is 1.51. The maximum atomic E-state index is 12.2. The van der Waals surface area contributed by atoms with E-state index in [-0.39, 0.29) is 5.91 Å². The lowest BCUT2D eigenvalue weighted by Gasteiger charge is -2.19. The number of rotatable bonds is 6. The predicted molar refractivity (Wildman–Crippen MR) is 108 cm³/mol. The number of hydrogen-bond donors (Lipinski definition) is 1. The largest absolute Gasteiger partial charge is 0.486 e. The van der Waals surface area contributed by atoms with Crippen LogP contribution in [0.5, 0.6) is 11.5 Å². The number of nitrogens with one attached hydrogen (secondary N) is 1. The topological polar surface area (TPSA) is 78.3 Å². The van der Waals surface area contributed by atoms with Crippen molar-refractivity contribution >= 4 is 23.4 Å². The van der Waals surface area contributed by atoms with Crippen LogP contribution < -0.4 is 14.8 Å².